The summed E-state index contributed by atoms with van der Waals surface area (Å²) in [5, 5.41) is 3.58. The molecular formula is C34H35Cl2N3O4S. The van der Waals surface area contributed by atoms with Crippen LogP contribution in [0, 0.1) is 6.92 Å². The lowest BCUT2D eigenvalue weighted by atomic mass is 10.0. The third-order valence-electron chi connectivity index (χ3n) is 7.02. The van der Waals surface area contributed by atoms with Gasteiger partial charge in [0.05, 0.1) is 10.6 Å². The topological polar surface area (TPSA) is 86.8 Å². The molecule has 230 valence electrons. The van der Waals surface area contributed by atoms with Crippen molar-refractivity contribution in [2.45, 2.75) is 50.7 Å². The maximum absolute atomic E-state index is 14.5. The van der Waals surface area contributed by atoms with Crippen LogP contribution in [0.25, 0.3) is 0 Å². The molecule has 0 unspecified atom stereocenters. The van der Waals surface area contributed by atoms with Gasteiger partial charge in [-0.05, 0) is 62.7 Å². The largest absolute Gasteiger partial charge is 0.352 e. The molecule has 0 heterocycles. The molecule has 1 N–H and O–H groups in total. The summed E-state index contributed by atoms with van der Waals surface area (Å²) in [5.74, 6) is -0.978. The first kappa shape index (κ1) is 33.1. The Hall–Kier alpha value is -3.85. The van der Waals surface area contributed by atoms with Crippen LogP contribution in [0.15, 0.2) is 108 Å². The second-order valence-electron chi connectivity index (χ2n) is 10.8. The molecule has 44 heavy (non-hydrogen) atoms. The molecule has 0 saturated heterocycles. The summed E-state index contributed by atoms with van der Waals surface area (Å²) in [4.78, 5) is 29.7. The van der Waals surface area contributed by atoms with E-state index in [1.54, 1.807) is 60.7 Å². The summed E-state index contributed by atoms with van der Waals surface area (Å²) in [6, 6.07) is 27.9. The molecule has 2 amide bonds. The van der Waals surface area contributed by atoms with Crippen molar-refractivity contribution in [1.29, 1.82) is 0 Å². The molecule has 0 aliphatic rings. The first-order valence-electron chi connectivity index (χ1n) is 14.2. The van der Waals surface area contributed by atoms with Gasteiger partial charge >= 0.3 is 0 Å². The van der Waals surface area contributed by atoms with Gasteiger partial charge in [0.15, 0.2) is 0 Å². The molecule has 0 radical (unpaired) electrons. The van der Waals surface area contributed by atoms with E-state index in [4.69, 9.17) is 23.2 Å². The number of carbonyl (C=O) groups excluding carboxylic acids is 2. The highest BCUT2D eigenvalue weighted by Gasteiger charge is 2.35. The van der Waals surface area contributed by atoms with Crippen molar-refractivity contribution in [2.75, 3.05) is 10.8 Å². The van der Waals surface area contributed by atoms with Crippen LogP contribution < -0.4 is 9.62 Å². The molecule has 10 heteroatoms. The van der Waals surface area contributed by atoms with E-state index in [1.807, 2.05) is 51.1 Å². The molecule has 4 aromatic carbocycles. The Morgan fingerprint density at radius 2 is 1.36 bits per heavy atom. The standard InChI is InChI=1S/C34H35Cl2N3O4S/c1-24(2)37-34(41)32(21-26-11-6-4-7-12-26)38(22-29-30(35)15-10-16-31(29)36)33(40)23-39(27-19-17-25(3)18-20-27)44(42,43)28-13-8-5-9-14-28/h4-20,24,32H,21-23H2,1-3H3,(H,37,41)/t32-/m1/s1. The highest BCUT2D eigenvalue weighted by molar-refractivity contribution is 7.92. The number of amides is 2. The second-order valence-corrected chi connectivity index (χ2v) is 13.4. The number of nitrogens with zero attached hydrogens (tertiary/aromatic N) is 2. The average molecular weight is 653 g/mol. The highest BCUT2D eigenvalue weighted by Crippen LogP contribution is 2.29. The number of rotatable bonds is 12. The molecule has 7 nitrogen and oxygen atoms in total. The van der Waals surface area contributed by atoms with E-state index in [1.165, 1.54) is 17.0 Å². The van der Waals surface area contributed by atoms with Gasteiger partial charge in [-0.15, -0.1) is 0 Å². The third kappa shape index (κ3) is 8.20. The van der Waals surface area contributed by atoms with Crippen LogP contribution >= 0.6 is 23.2 Å². The Labute approximate surface area is 269 Å². The predicted octanol–water partition coefficient (Wildman–Crippen LogP) is 6.66. The molecule has 1 atom stereocenters. The summed E-state index contributed by atoms with van der Waals surface area (Å²) in [6.07, 6.45) is 0.184. The lowest BCUT2D eigenvalue weighted by Crippen LogP contribution is -2.54. The Bertz CT molecular complexity index is 1660. The summed E-state index contributed by atoms with van der Waals surface area (Å²) < 4.78 is 29.1. The zero-order valence-corrected chi connectivity index (χ0v) is 27.1. The Morgan fingerprint density at radius 3 is 1.93 bits per heavy atom. The lowest BCUT2D eigenvalue weighted by Gasteiger charge is -2.34. The molecule has 0 aliphatic heterocycles. The van der Waals surface area contributed by atoms with Crippen LogP contribution in [-0.4, -0.2) is 43.8 Å². The monoisotopic (exact) mass is 651 g/mol. The van der Waals surface area contributed by atoms with Gasteiger partial charge in [-0.1, -0.05) is 95.5 Å². The van der Waals surface area contributed by atoms with Gasteiger partial charge in [-0.2, -0.15) is 0 Å². The smallest absolute Gasteiger partial charge is 0.264 e. The zero-order valence-electron chi connectivity index (χ0n) is 24.8. The number of halogens is 2. The highest BCUT2D eigenvalue weighted by atomic mass is 35.5. The first-order valence-corrected chi connectivity index (χ1v) is 16.4. The van der Waals surface area contributed by atoms with Gasteiger partial charge in [0.2, 0.25) is 11.8 Å². The minimum Gasteiger partial charge on any atom is -0.352 e. The third-order valence-corrected chi connectivity index (χ3v) is 9.52. The fraction of sp³-hybridized carbons (Fsp3) is 0.235. The molecule has 0 fully saturated rings. The van der Waals surface area contributed by atoms with Crippen molar-refractivity contribution >= 4 is 50.7 Å². The van der Waals surface area contributed by atoms with Crippen molar-refractivity contribution in [3.8, 4) is 0 Å². The Balaban J connectivity index is 1.83. The van der Waals surface area contributed by atoms with Gasteiger partial charge in [0.25, 0.3) is 10.0 Å². The number of benzene rings is 4. The maximum atomic E-state index is 14.5. The van der Waals surface area contributed by atoms with E-state index in [-0.39, 0.29) is 29.8 Å². The van der Waals surface area contributed by atoms with Crippen LogP contribution in [0.5, 0.6) is 0 Å². The zero-order chi connectivity index (χ0) is 31.9. The van der Waals surface area contributed by atoms with Crippen LogP contribution in [-0.2, 0) is 32.6 Å². The quantitative estimate of drug-likeness (QED) is 0.186. The van der Waals surface area contributed by atoms with Crippen LogP contribution in [0.2, 0.25) is 10.0 Å². The predicted molar refractivity (Wildman–Crippen MR) is 176 cm³/mol. The molecule has 0 aliphatic carbocycles. The fourth-order valence-electron chi connectivity index (χ4n) is 4.75. The van der Waals surface area contributed by atoms with Crippen LogP contribution in [0.3, 0.4) is 0 Å². The number of aryl methyl sites for hydroxylation is 1. The molecule has 0 saturated carbocycles. The van der Waals surface area contributed by atoms with E-state index in [2.05, 4.69) is 5.32 Å². The van der Waals surface area contributed by atoms with E-state index in [0.29, 0.717) is 21.3 Å². The fourth-order valence-corrected chi connectivity index (χ4v) is 6.70. The number of anilines is 1. The summed E-state index contributed by atoms with van der Waals surface area (Å²) in [6.45, 7) is 4.87. The Kier molecular flexibility index (Phi) is 11.1. The normalized spacial score (nSPS) is 12.0. The summed E-state index contributed by atoms with van der Waals surface area (Å²) in [7, 11) is -4.18. The van der Waals surface area contributed by atoms with Crippen molar-refractivity contribution in [3.05, 3.63) is 130 Å². The van der Waals surface area contributed by atoms with Gasteiger partial charge in [-0.3, -0.25) is 13.9 Å². The van der Waals surface area contributed by atoms with Gasteiger partial charge < -0.3 is 10.2 Å². The second kappa shape index (κ2) is 14.8. The Morgan fingerprint density at radius 1 is 0.795 bits per heavy atom. The van der Waals surface area contributed by atoms with Crippen molar-refractivity contribution in [2.24, 2.45) is 0 Å². The molecule has 4 rings (SSSR count). The van der Waals surface area contributed by atoms with Gasteiger partial charge in [0.1, 0.15) is 12.6 Å². The number of hydrogen-bond donors (Lipinski definition) is 1. The first-order chi connectivity index (χ1) is 21.0. The van der Waals surface area contributed by atoms with E-state index in [9.17, 15) is 18.0 Å². The van der Waals surface area contributed by atoms with E-state index < -0.39 is 28.5 Å². The van der Waals surface area contributed by atoms with E-state index in [0.717, 1.165) is 15.4 Å². The number of sulfonamides is 1. The van der Waals surface area contributed by atoms with E-state index >= 15 is 0 Å². The SMILES string of the molecule is Cc1ccc(N(CC(=O)N(Cc2c(Cl)cccc2Cl)[C@H](Cc2ccccc2)C(=O)NC(C)C)S(=O)(=O)c2ccccc2)cc1. The minimum absolute atomic E-state index is 0.0347. The van der Waals surface area contributed by atoms with Crippen molar-refractivity contribution < 1.29 is 18.0 Å². The number of carbonyl (C=O) groups is 2. The molecule has 4 aromatic rings. The molecule has 0 spiro atoms. The summed E-state index contributed by atoms with van der Waals surface area (Å²) >= 11 is 13.1. The summed E-state index contributed by atoms with van der Waals surface area (Å²) in [5.41, 5.74) is 2.52. The van der Waals surface area contributed by atoms with Crippen molar-refractivity contribution in [3.63, 3.8) is 0 Å². The molecular weight excluding hydrogens is 617 g/mol. The van der Waals surface area contributed by atoms with Gasteiger partial charge in [-0.25, -0.2) is 8.42 Å². The molecule has 0 bridgehead atoms. The van der Waals surface area contributed by atoms with Crippen molar-refractivity contribution in [1.82, 2.24) is 10.2 Å². The molecule has 0 aromatic heterocycles. The van der Waals surface area contributed by atoms with Crippen LogP contribution in [0.1, 0.15) is 30.5 Å². The minimum atomic E-state index is -4.18. The lowest BCUT2D eigenvalue weighted by molar-refractivity contribution is -0.140. The van der Waals surface area contributed by atoms with Gasteiger partial charge in [0, 0.05) is 34.6 Å². The average Bonchev–Trinajstić information content (AvgIpc) is 3.00. The number of nitrogens with one attached hydrogen (secondary N) is 1. The van der Waals surface area contributed by atoms with Crippen LogP contribution in [0.4, 0.5) is 5.69 Å². The maximum Gasteiger partial charge on any atom is 0.264 e. The number of hydrogen-bond acceptors (Lipinski definition) is 4.